The first-order chi connectivity index (χ1) is 16.9. The third-order valence-electron chi connectivity index (χ3n) is 6.99. The number of benzene rings is 3. The van der Waals surface area contributed by atoms with Gasteiger partial charge in [0.15, 0.2) is 0 Å². The Morgan fingerprint density at radius 1 is 0.618 bits per heavy atom. The van der Waals surface area contributed by atoms with Gasteiger partial charge in [-0.3, -0.25) is 0 Å². The lowest BCUT2D eigenvalue weighted by Crippen LogP contribution is -2.33. The molecule has 2 aliphatic carbocycles. The van der Waals surface area contributed by atoms with Crippen LogP contribution in [0.2, 0.25) is 0 Å². The lowest BCUT2D eigenvalue weighted by molar-refractivity contribution is 0.0101. The van der Waals surface area contributed by atoms with E-state index in [0.29, 0.717) is 12.5 Å². The van der Waals surface area contributed by atoms with Crippen molar-refractivity contribution in [3.8, 4) is 0 Å². The molecule has 0 saturated carbocycles. The van der Waals surface area contributed by atoms with E-state index in [2.05, 4.69) is 127 Å². The van der Waals surface area contributed by atoms with Crippen LogP contribution in [0.4, 0.5) is 0 Å². The monoisotopic (exact) mass is 444 g/mol. The molecule has 0 saturated heterocycles. The van der Waals surface area contributed by atoms with Crippen molar-refractivity contribution >= 4 is 0 Å². The average molecular weight is 445 g/mol. The summed E-state index contributed by atoms with van der Waals surface area (Å²) in [5, 5.41) is 0. The average Bonchev–Trinajstić information content (AvgIpc) is 3.63. The second-order valence-electron chi connectivity index (χ2n) is 9.07. The zero-order valence-corrected chi connectivity index (χ0v) is 19.6. The summed E-state index contributed by atoms with van der Waals surface area (Å²) in [4.78, 5) is 0. The molecule has 0 aliphatic heterocycles. The Morgan fingerprint density at radius 3 is 1.44 bits per heavy atom. The molecule has 0 bridgehead atoms. The Hall–Kier alpha value is -3.42. The molecule has 0 N–H and O–H groups in total. The summed E-state index contributed by atoms with van der Waals surface area (Å²) in [6.07, 6.45) is 17.8. The van der Waals surface area contributed by atoms with Gasteiger partial charge in [-0.2, -0.15) is 0 Å². The highest BCUT2D eigenvalue weighted by atomic mass is 16.5. The zero-order chi connectivity index (χ0) is 23.1. The molecule has 170 valence electrons. The van der Waals surface area contributed by atoms with Gasteiger partial charge in [-0.1, -0.05) is 139 Å². The maximum absolute atomic E-state index is 6.99. The fourth-order valence-corrected chi connectivity index (χ4v) is 5.33. The van der Waals surface area contributed by atoms with E-state index in [1.54, 1.807) is 0 Å². The van der Waals surface area contributed by atoms with Gasteiger partial charge < -0.3 is 4.74 Å². The third kappa shape index (κ3) is 4.62. The van der Waals surface area contributed by atoms with Crippen molar-refractivity contribution in [3.63, 3.8) is 0 Å². The minimum atomic E-state index is -0.637. The van der Waals surface area contributed by atoms with Crippen LogP contribution >= 0.6 is 0 Å². The molecule has 5 rings (SSSR count). The SMILES string of the molecule is C1=CCC(C(CCCOC(c2ccccc2)(c2ccccc2)c2ccccc2)C2=CC=CC2)=C1. The minimum absolute atomic E-state index is 0.508. The van der Waals surface area contributed by atoms with Crippen LogP contribution in [0.5, 0.6) is 0 Å². The number of hydrogen-bond donors (Lipinski definition) is 0. The van der Waals surface area contributed by atoms with Gasteiger partial charge in [0, 0.05) is 12.5 Å². The molecule has 0 unspecified atom stereocenters. The lowest BCUT2D eigenvalue weighted by Gasteiger charge is -2.36. The van der Waals surface area contributed by atoms with Crippen molar-refractivity contribution < 1.29 is 4.74 Å². The van der Waals surface area contributed by atoms with Crippen molar-refractivity contribution in [2.24, 2.45) is 5.92 Å². The molecule has 0 fully saturated rings. The molecule has 0 radical (unpaired) electrons. The van der Waals surface area contributed by atoms with E-state index in [1.165, 1.54) is 11.1 Å². The molecule has 0 atom stereocenters. The predicted octanol–water partition coefficient (Wildman–Crippen LogP) is 8.16. The molecule has 0 spiro atoms. The Labute approximate surface area is 203 Å². The quantitative estimate of drug-likeness (QED) is 0.226. The Kier molecular flexibility index (Phi) is 7.02. The van der Waals surface area contributed by atoms with Gasteiger partial charge in [0.2, 0.25) is 0 Å². The van der Waals surface area contributed by atoms with Gasteiger partial charge in [0.05, 0.1) is 0 Å². The molecular weight excluding hydrogens is 412 g/mol. The normalized spacial score (nSPS) is 15.1. The van der Waals surface area contributed by atoms with Gasteiger partial charge in [0.25, 0.3) is 0 Å². The second-order valence-corrected chi connectivity index (χ2v) is 9.07. The summed E-state index contributed by atoms with van der Waals surface area (Å²) in [5.74, 6) is 0.508. The summed E-state index contributed by atoms with van der Waals surface area (Å²) < 4.78 is 6.99. The summed E-state index contributed by atoms with van der Waals surface area (Å²) in [6, 6.07) is 32.0. The highest BCUT2D eigenvalue weighted by Crippen LogP contribution is 2.41. The highest BCUT2D eigenvalue weighted by molar-refractivity contribution is 5.47. The zero-order valence-electron chi connectivity index (χ0n) is 19.6. The second kappa shape index (κ2) is 10.7. The molecule has 3 aromatic carbocycles. The predicted molar refractivity (Wildman–Crippen MR) is 142 cm³/mol. The van der Waals surface area contributed by atoms with Gasteiger partial charge in [-0.05, 0) is 42.4 Å². The molecule has 1 nitrogen and oxygen atoms in total. The first-order valence-electron chi connectivity index (χ1n) is 12.4. The lowest BCUT2D eigenvalue weighted by atomic mass is 9.80. The summed E-state index contributed by atoms with van der Waals surface area (Å²) in [7, 11) is 0. The Morgan fingerprint density at radius 2 is 1.06 bits per heavy atom. The number of ether oxygens (including phenoxy) is 1. The van der Waals surface area contributed by atoms with Crippen LogP contribution in [0.3, 0.4) is 0 Å². The molecule has 2 aliphatic rings. The molecule has 0 aromatic heterocycles. The fraction of sp³-hybridized carbons (Fsp3) is 0.212. The Balaban J connectivity index is 1.42. The van der Waals surface area contributed by atoms with Gasteiger partial charge >= 0.3 is 0 Å². The molecule has 3 aromatic rings. The largest absolute Gasteiger partial charge is 0.361 e. The van der Waals surface area contributed by atoms with Crippen LogP contribution in [0.25, 0.3) is 0 Å². The first-order valence-corrected chi connectivity index (χ1v) is 12.4. The first kappa shape index (κ1) is 22.4. The van der Waals surface area contributed by atoms with Crippen molar-refractivity contribution in [2.75, 3.05) is 6.61 Å². The summed E-state index contributed by atoms with van der Waals surface area (Å²) in [5.41, 5.74) is 5.92. The van der Waals surface area contributed by atoms with E-state index in [0.717, 1.165) is 42.4 Å². The number of hydrogen-bond acceptors (Lipinski definition) is 1. The highest BCUT2D eigenvalue weighted by Gasteiger charge is 2.37. The van der Waals surface area contributed by atoms with Crippen LogP contribution in [-0.4, -0.2) is 6.61 Å². The van der Waals surface area contributed by atoms with Crippen molar-refractivity contribution in [2.45, 2.75) is 31.3 Å². The standard InChI is InChI=1S/C33H32O/c1-4-19-29(20-5-1)33(30-21-6-2-7-22-30,31-23-8-3-9-24-31)34-26-14-25-32(27-15-10-11-16-27)28-17-12-13-18-28/h1-13,15,17,19-24,32H,14,16,18,25-26H2. The smallest absolute Gasteiger partial charge is 0.143 e. The summed E-state index contributed by atoms with van der Waals surface area (Å²) in [6.45, 7) is 0.691. The van der Waals surface area contributed by atoms with Crippen LogP contribution in [0.1, 0.15) is 42.4 Å². The number of allylic oxidation sites excluding steroid dienone is 8. The van der Waals surface area contributed by atoms with Crippen molar-refractivity contribution in [3.05, 3.63) is 155 Å². The maximum atomic E-state index is 6.99. The molecule has 0 amide bonds. The van der Waals surface area contributed by atoms with Crippen molar-refractivity contribution in [1.82, 2.24) is 0 Å². The van der Waals surface area contributed by atoms with Gasteiger partial charge in [-0.15, -0.1) is 0 Å². The third-order valence-corrected chi connectivity index (χ3v) is 6.99. The van der Waals surface area contributed by atoms with E-state index in [1.807, 2.05) is 0 Å². The van der Waals surface area contributed by atoms with Gasteiger partial charge in [-0.25, -0.2) is 0 Å². The van der Waals surface area contributed by atoms with Crippen molar-refractivity contribution in [1.29, 1.82) is 0 Å². The fourth-order valence-electron chi connectivity index (χ4n) is 5.33. The summed E-state index contributed by atoms with van der Waals surface area (Å²) >= 11 is 0. The van der Waals surface area contributed by atoms with E-state index in [9.17, 15) is 0 Å². The van der Waals surface area contributed by atoms with E-state index >= 15 is 0 Å². The van der Waals surface area contributed by atoms with Crippen LogP contribution in [-0.2, 0) is 10.3 Å². The molecule has 34 heavy (non-hydrogen) atoms. The van der Waals surface area contributed by atoms with E-state index < -0.39 is 5.60 Å². The maximum Gasteiger partial charge on any atom is 0.143 e. The topological polar surface area (TPSA) is 9.23 Å². The molecule has 1 heteroatoms. The molecule has 0 heterocycles. The van der Waals surface area contributed by atoms with Crippen LogP contribution in [0, 0.1) is 5.92 Å². The minimum Gasteiger partial charge on any atom is -0.361 e. The Bertz CT molecular complexity index is 1060. The van der Waals surface area contributed by atoms with Gasteiger partial charge in [0.1, 0.15) is 5.60 Å². The van der Waals surface area contributed by atoms with E-state index in [-0.39, 0.29) is 0 Å². The van der Waals surface area contributed by atoms with Crippen LogP contribution < -0.4 is 0 Å². The van der Waals surface area contributed by atoms with E-state index in [4.69, 9.17) is 4.74 Å². The number of rotatable bonds is 10. The van der Waals surface area contributed by atoms with Crippen LogP contribution in [0.15, 0.2) is 139 Å². The molecular formula is C33H32O.